The number of hydrogen-bond acceptors (Lipinski definition) is 11. The van der Waals surface area contributed by atoms with Gasteiger partial charge in [0.05, 0.1) is 22.2 Å². The van der Waals surface area contributed by atoms with Gasteiger partial charge in [-0.2, -0.15) is 5.10 Å². The number of aromatic amines is 1. The monoisotopic (exact) mass is 813 g/mol. The molecule has 0 radical (unpaired) electrons. The van der Waals surface area contributed by atoms with E-state index in [0.717, 1.165) is 129 Å². The smallest absolute Gasteiger partial charge is 0.249 e. The van der Waals surface area contributed by atoms with Gasteiger partial charge in [0.1, 0.15) is 41.1 Å². The number of carbonyl (C=O) groups excluding carboxylic acids is 2. The second-order valence-electron chi connectivity index (χ2n) is 19.1. The molecule has 60 heavy (non-hydrogen) atoms. The molecule has 14 nitrogen and oxygen atoms in total. The molecule has 5 fully saturated rings. The van der Waals surface area contributed by atoms with Crippen LogP contribution in [0.2, 0.25) is 0 Å². The zero-order valence-corrected chi connectivity index (χ0v) is 35.6. The van der Waals surface area contributed by atoms with Crippen molar-refractivity contribution in [3.8, 4) is 17.1 Å². The molecule has 2 N–H and O–H groups in total. The molecule has 14 heteroatoms. The van der Waals surface area contributed by atoms with Crippen molar-refractivity contribution >= 4 is 45.3 Å². The van der Waals surface area contributed by atoms with Crippen molar-refractivity contribution in [1.82, 2.24) is 44.8 Å². The summed E-state index contributed by atoms with van der Waals surface area (Å²) in [4.78, 5) is 49.0. The van der Waals surface area contributed by atoms with Gasteiger partial charge >= 0.3 is 0 Å². The third-order valence-electron chi connectivity index (χ3n) is 14.2. The molecule has 7 heterocycles. The number of hydrogen-bond donors (Lipinski definition) is 2. The molecular formula is C46H59N11O3. The minimum atomic E-state index is -0.396. The Labute approximate surface area is 352 Å². The lowest BCUT2D eigenvalue weighted by Crippen LogP contribution is -2.61. The molecule has 1 atom stereocenters. The molecular weight excluding hydrogens is 755 g/mol. The van der Waals surface area contributed by atoms with Crippen LogP contribution < -0.4 is 19.9 Å². The quantitative estimate of drug-likeness (QED) is 0.158. The fourth-order valence-electron chi connectivity index (χ4n) is 10.4. The highest BCUT2D eigenvalue weighted by molar-refractivity contribution is 6.00. The summed E-state index contributed by atoms with van der Waals surface area (Å²) in [5.74, 6) is 3.60. The van der Waals surface area contributed by atoms with E-state index in [9.17, 15) is 9.59 Å². The molecule has 5 aromatic rings. The van der Waals surface area contributed by atoms with Crippen molar-refractivity contribution in [2.24, 2.45) is 11.8 Å². The number of nitrogens with zero attached hydrogens (tertiary/aromatic N) is 9. The summed E-state index contributed by atoms with van der Waals surface area (Å²) < 4.78 is 8.25. The van der Waals surface area contributed by atoms with Crippen molar-refractivity contribution < 1.29 is 14.3 Å². The van der Waals surface area contributed by atoms with E-state index in [4.69, 9.17) is 14.7 Å². The van der Waals surface area contributed by atoms with Gasteiger partial charge in [0.25, 0.3) is 0 Å². The van der Waals surface area contributed by atoms with Gasteiger partial charge in [0, 0.05) is 88.0 Å². The number of aromatic nitrogens is 6. The first-order valence-corrected chi connectivity index (χ1v) is 22.3. The Kier molecular flexibility index (Phi) is 10.1. The van der Waals surface area contributed by atoms with Crippen molar-refractivity contribution in [3.05, 3.63) is 54.6 Å². The third-order valence-corrected chi connectivity index (χ3v) is 14.2. The molecule has 1 saturated carbocycles. The van der Waals surface area contributed by atoms with E-state index in [2.05, 4.69) is 91.2 Å². The first-order valence-electron chi connectivity index (χ1n) is 22.3. The van der Waals surface area contributed by atoms with Gasteiger partial charge in [0.15, 0.2) is 0 Å². The van der Waals surface area contributed by atoms with Gasteiger partial charge < -0.3 is 19.1 Å². The minimum Gasteiger partial charge on any atom is -0.488 e. The summed E-state index contributed by atoms with van der Waals surface area (Å²) in [5.41, 5.74) is 5.80. The summed E-state index contributed by atoms with van der Waals surface area (Å²) in [7, 11) is 0. The Morgan fingerprint density at radius 3 is 2.35 bits per heavy atom. The number of nitrogens with one attached hydrogen (secondary N) is 2. The number of amides is 2. The first-order chi connectivity index (χ1) is 29.0. The third kappa shape index (κ3) is 7.84. The number of aryl methyl sites for hydroxylation is 1. The molecule has 1 unspecified atom stereocenters. The average molecular weight is 814 g/mol. The zero-order chi connectivity index (χ0) is 41.2. The number of piperidine rings is 3. The van der Waals surface area contributed by atoms with Crippen LogP contribution in [-0.4, -0.2) is 121 Å². The van der Waals surface area contributed by atoms with Crippen LogP contribution in [0.4, 0.5) is 11.5 Å². The second-order valence-corrected chi connectivity index (χ2v) is 19.1. The number of ether oxygens (including phenoxy) is 1. The Balaban J connectivity index is 0.696. The highest BCUT2D eigenvalue weighted by atomic mass is 16.5. The number of carbonyl (C=O) groups is 2. The van der Waals surface area contributed by atoms with Gasteiger partial charge in [-0.1, -0.05) is 0 Å². The second kappa shape index (κ2) is 15.4. The van der Waals surface area contributed by atoms with Crippen LogP contribution in [0.25, 0.3) is 33.3 Å². The highest BCUT2D eigenvalue weighted by Gasteiger charge is 2.40. The van der Waals surface area contributed by atoms with Crippen molar-refractivity contribution in [2.75, 3.05) is 68.7 Å². The summed E-state index contributed by atoms with van der Waals surface area (Å²) in [6.45, 7) is 18.8. The van der Waals surface area contributed by atoms with Gasteiger partial charge in [-0.15, -0.1) is 0 Å². The Hall–Kier alpha value is -5.08. The van der Waals surface area contributed by atoms with Crippen LogP contribution >= 0.6 is 0 Å². The van der Waals surface area contributed by atoms with E-state index in [1.807, 2.05) is 23.6 Å². The van der Waals surface area contributed by atoms with Crippen LogP contribution in [0.1, 0.15) is 84.0 Å². The van der Waals surface area contributed by atoms with E-state index in [1.54, 1.807) is 6.33 Å². The van der Waals surface area contributed by atoms with E-state index in [0.29, 0.717) is 24.7 Å². The number of imide groups is 1. The fourth-order valence-corrected chi connectivity index (χ4v) is 10.4. The number of fused-ring (bicyclic) bond motifs is 2. The van der Waals surface area contributed by atoms with Crippen molar-refractivity contribution in [2.45, 2.75) is 96.2 Å². The van der Waals surface area contributed by atoms with E-state index < -0.39 is 6.04 Å². The number of rotatable bonds is 10. The lowest BCUT2D eigenvalue weighted by Gasteiger charge is -2.50. The van der Waals surface area contributed by atoms with E-state index in [1.165, 1.54) is 25.1 Å². The largest absolute Gasteiger partial charge is 0.488 e. The summed E-state index contributed by atoms with van der Waals surface area (Å²) in [5, 5.41) is 11.4. The average Bonchev–Trinajstić information content (AvgIpc) is 3.65. The molecule has 0 bridgehead atoms. The number of imidazole rings is 1. The summed E-state index contributed by atoms with van der Waals surface area (Å²) in [6.07, 6.45) is 9.42. The first kappa shape index (κ1) is 39.1. The Morgan fingerprint density at radius 2 is 1.60 bits per heavy atom. The molecule has 0 spiro atoms. The summed E-state index contributed by atoms with van der Waals surface area (Å²) >= 11 is 0. The molecule has 10 rings (SSSR count). The van der Waals surface area contributed by atoms with Crippen LogP contribution in [0, 0.1) is 18.8 Å². The normalized spacial score (nSPS) is 23.1. The molecule has 2 amide bonds. The lowest BCUT2D eigenvalue weighted by atomic mass is 9.90. The molecule has 4 saturated heterocycles. The number of piperazine rings is 1. The minimum absolute atomic E-state index is 0.0347. The highest BCUT2D eigenvalue weighted by Crippen LogP contribution is 2.41. The molecule has 3 aromatic heterocycles. The van der Waals surface area contributed by atoms with Crippen LogP contribution in [0.15, 0.2) is 48.8 Å². The lowest BCUT2D eigenvalue weighted by molar-refractivity contribution is -0.135. The SMILES string of the molecule is Cc1nc2cc(N3CCC(CN4CCN(CC5CCN(c6cc(-c7n[nH]c8ccc(OC9(C)CC9)cc78)ncn6)CC5)C(C)(C)C4)CC3)ccc2n1C1CCC(=O)NC1=O. The topological polar surface area (TPSA) is 141 Å². The zero-order valence-electron chi connectivity index (χ0n) is 35.6. The van der Waals surface area contributed by atoms with Gasteiger partial charge in [-0.05, 0) is 121 Å². The van der Waals surface area contributed by atoms with Crippen LogP contribution in [0.5, 0.6) is 5.75 Å². The van der Waals surface area contributed by atoms with E-state index >= 15 is 0 Å². The van der Waals surface area contributed by atoms with E-state index in [-0.39, 0.29) is 23.0 Å². The predicted molar refractivity (Wildman–Crippen MR) is 233 cm³/mol. The standard InChI is InChI=1S/C46H59N11O3/c1-30-49-37-23-33(5-8-39(37)57(30)40-9-10-42(58)50-44(40)59)54-17-11-31(12-18-54)26-53-21-22-56(45(2,3)28-53)27-32-13-19-55(20-14-32)41-25-38(47-29-48-41)43-35-24-34(60-46(4)15-16-46)6-7-36(35)51-52-43/h5-8,23-25,29,31-32,40H,9-22,26-28H2,1-4H3,(H,51,52)(H,50,58,59). The maximum absolute atomic E-state index is 12.7. The van der Waals surface area contributed by atoms with Gasteiger partial charge in [-0.3, -0.25) is 29.8 Å². The van der Waals surface area contributed by atoms with Crippen molar-refractivity contribution in [3.63, 3.8) is 0 Å². The Morgan fingerprint density at radius 1 is 0.833 bits per heavy atom. The fraction of sp³-hybridized carbons (Fsp3) is 0.565. The van der Waals surface area contributed by atoms with Crippen LogP contribution in [0.3, 0.4) is 0 Å². The number of anilines is 2. The molecule has 1 aliphatic carbocycles. The number of benzene rings is 2. The van der Waals surface area contributed by atoms with Gasteiger partial charge in [0.2, 0.25) is 11.8 Å². The maximum atomic E-state index is 12.7. The molecule has 4 aliphatic heterocycles. The van der Waals surface area contributed by atoms with Crippen LogP contribution in [-0.2, 0) is 9.59 Å². The predicted octanol–water partition coefficient (Wildman–Crippen LogP) is 6.12. The molecule has 316 valence electrons. The van der Waals surface area contributed by atoms with Gasteiger partial charge in [-0.25, -0.2) is 15.0 Å². The molecule has 2 aromatic carbocycles. The number of H-pyrrole nitrogens is 1. The Bertz CT molecular complexity index is 2400. The maximum Gasteiger partial charge on any atom is 0.249 e. The molecule has 5 aliphatic rings. The summed E-state index contributed by atoms with van der Waals surface area (Å²) in [6, 6.07) is 14.3. The van der Waals surface area contributed by atoms with Crippen molar-refractivity contribution in [1.29, 1.82) is 0 Å².